The third-order valence-corrected chi connectivity index (χ3v) is 10.9. The third kappa shape index (κ3) is 5.20. The molecule has 6 nitrogen and oxygen atoms in total. The maximum Gasteiger partial charge on any atom is 0.124 e. The molecule has 3 aromatic rings. The molecule has 2 atom stereocenters. The lowest BCUT2D eigenvalue weighted by atomic mass is 9.97. The second-order valence-corrected chi connectivity index (χ2v) is 13.8. The highest BCUT2D eigenvalue weighted by molar-refractivity contribution is 7.94. The van der Waals surface area contributed by atoms with Crippen molar-refractivity contribution in [2.24, 2.45) is 16.2 Å². The molecule has 0 spiro atoms. The van der Waals surface area contributed by atoms with E-state index in [-0.39, 0.29) is 5.25 Å². The zero-order valence-electron chi connectivity index (χ0n) is 22.5. The van der Waals surface area contributed by atoms with Crippen LogP contribution in [-0.4, -0.2) is 63.8 Å². The Balaban J connectivity index is 1.49. The van der Waals surface area contributed by atoms with Crippen LogP contribution >= 0.6 is 0 Å². The molecule has 37 heavy (non-hydrogen) atoms. The van der Waals surface area contributed by atoms with Crippen LogP contribution in [0.15, 0.2) is 46.0 Å². The van der Waals surface area contributed by atoms with Crippen LogP contribution in [0.25, 0.3) is 16.6 Å². The SMILES string of the molecule is CN=S(=O)(c1cc(F)ccc1-n1cc(C[C@@H]2CCN(CC3CCOCC3)C2)c2c(C)cncc21)C(C)C. The molecule has 0 amide bonds. The molecule has 4 heterocycles. The van der Waals surface area contributed by atoms with Crippen LogP contribution in [0, 0.1) is 24.6 Å². The predicted molar refractivity (Wildman–Crippen MR) is 147 cm³/mol. The van der Waals surface area contributed by atoms with Crippen molar-refractivity contribution in [1.82, 2.24) is 14.5 Å². The van der Waals surface area contributed by atoms with Gasteiger partial charge in [0.1, 0.15) is 5.82 Å². The Bertz CT molecular complexity index is 1390. The van der Waals surface area contributed by atoms with Crippen LogP contribution in [-0.2, 0) is 20.9 Å². The lowest BCUT2D eigenvalue weighted by molar-refractivity contribution is 0.0551. The summed E-state index contributed by atoms with van der Waals surface area (Å²) in [7, 11) is -1.25. The number of pyridine rings is 1. The molecule has 0 bridgehead atoms. The van der Waals surface area contributed by atoms with Crippen molar-refractivity contribution in [2.75, 3.05) is 39.9 Å². The Labute approximate surface area is 220 Å². The van der Waals surface area contributed by atoms with Crippen molar-refractivity contribution in [1.29, 1.82) is 0 Å². The van der Waals surface area contributed by atoms with E-state index in [9.17, 15) is 8.60 Å². The van der Waals surface area contributed by atoms with E-state index in [1.807, 2.05) is 26.2 Å². The van der Waals surface area contributed by atoms with Crippen LogP contribution in [0.2, 0.25) is 0 Å². The minimum atomic E-state index is -2.81. The normalized spacial score (nSPS) is 21.1. The summed E-state index contributed by atoms with van der Waals surface area (Å²) in [5, 5.41) is 0.942. The molecule has 2 aliphatic heterocycles. The van der Waals surface area contributed by atoms with Crippen molar-refractivity contribution in [3.05, 3.63) is 53.7 Å². The quantitative estimate of drug-likeness (QED) is 0.400. The molecule has 1 aromatic carbocycles. The van der Waals surface area contributed by atoms with Crippen LogP contribution < -0.4 is 0 Å². The number of aryl methyl sites for hydroxylation is 1. The monoisotopic (exact) mass is 526 g/mol. The summed E-state index contributed by atoms with van der Waals surface area (Å²) in [6, 6.07) is 4.56. The summed E-state index contributed by atoms with van der Waals surface area (Å²) in [6.45, 7) is 11.1. The smallest absolute Gasteiger partial charge is 0.124 e. The molecule has 0 N–H and O–H groups in total. The van der Waals surface area contributed by atoms with E-state index in [1.54, 1.807) is 13.1 Å². The summed E-state index contributed by atoms with van der Waals surface area (Å²) in [5.41, 5.74) is 4.06. The van der Waals surface area contributed by atoms with Gasteiger partial charge in [-0.25, -0.2) is 13.0 Å². The fraction of sp³-hybridized carbons (Fsp3) is 0.552. The zero-order chi connectivity index (χ0) is 26.2. The van der Waals surface area contributed by atoms with Crippen molar-refractivity contribution in [3.8, 4) is 5.69 Å². The molecule has 0 aliphatic carbocycles. The van der Waals surface area contributed by atoms with Crippen molar-refractivity contribution in [2.45, 2.75) is 56.6 Å². The van der Waals surface area contributed by atoms with Gasteiger partial charge in [0.25, 0.3) is 0 Å². The molecule has 2 saturated heterocycles. The highest BCUT2D eigenvalue weighted by atomic mass is 32.2. The first-order valence-electron chi connectivity index (χ1n) is 13.5. The minimum Gasteiger partial charge on any atom is -0.381 e. The van der Waals surface area contributed by atoms with Crippen LogP contribution in [0.1, 0.15) is 44.2 Å². The van der Waals surface area contributed by atoms with Gasteiger partial charge < -0.3 is 14.2 Å². The molecular formula is C29H39FN4O2S. The number of nitrogens with zero attached hydrogens (tertiary/aromatic N) is 4. The van der Waals surface area contributed by atoms with Crippen LogP contribution in [0.5, 0.6) is 0 Å². The molecule has 5 rings (SSSR count). The number of likely N-dealkylation sites (tertiary alicyclic amines) is 1. The number of halogens is 1. The van der Waals surface area contributed by atoms with Gasteiger partial charge in [0, 0.05) is 56.4 Å². The van der Waals surface area contributed by atoms with Gasteiger partial charge in [-0.15, -0.1) is 0 Å². The number of rotatable bonds is 7. The van der Waals surface area contributed by atoms with Gasteiger partial charge in [-0.3, -0.25) is 4.98 Å². The number of fused-ring (bicyclic) bond motifs is 1. The van der Waals surface area contributed by atoms with Crippen LogP contribution in [0.4, 0.5) is 4.39 Å². The maximum absolute atomic E-state index is 14.5. The van der Waals surface area contributed by atoms with E-state index in [2.05, 4.69) is 31.9 Å². The first-order valence-corrected chi connectivity index (χ1v) is 15.1. The van der Waals surface area contributed by atoms with Gasteiger partial charge >= 0.3 is 0 Å². The Hall–Kier alpha value is -2.29. The fourth-order valence-corrected chi connectivity index (χ4v) is 8.00. The number of hydrogen-bond donors (Lipinski definition) is 0. The second kappa shape index (κ2) is 10.8. The van der Waals surface area contributed by atoms with E-state index in [0.29, 0.717) is 16.5 Å². The Morgan fingerprint density at radius 2 is 1.97 bits per heavy atom. The molecule has 0 radical (unpaired) electrons. The first kappa shape index (κ1) is 26.3. The third-order valence-electron chi connectivity index (χ3n) is 8.12. The van der Waals surface area contributed by atoms with Crippen molar-refractivity contribution < 1.29 is 13.3 Å². The van der Waals surface area contributed by atoms with Crippen molar-refractivity contribution in [3.63, 3.8) is 0 Å². The molecular weight excluding hydrogens is 487 g/mol. The molecule has 2 aliphatic rings. The minimum absolute atomic E-state index is 0.251. The standard InChI is InChI=1S/C29H39FN4O2S/c1-20(2)37(35,31-4)28-14-25(30)5-6-26(28)34-19-24(29-21(3)15-32-16-27(29)34)13-23-7-10-33(18-23)17-22-8-11-36-12-9-22/h5-6,14-16,19-20,22-23H,7-13,17-18H2,1-4H3/t23-,37?/m0/s1. The average molecular weight is 527 g/mol. The number of ether oxygens (including phenoxy) is 1. The topological polar surface area (TPSA) is 59.7 Å². The summed E-state index contributed by atoms with van der Waals surface area (Å²) < 4.78 is 40.2. The summed E-state index contributed by atoms with van der Waals surface area (Å²) >= 11 is 0. The van der Waals surface area contributed by atoms with E-state index in [0.717, 1.165) is 49.7 Å². The Morgan fingerprint density at radius 1 is 1.19 bits per heavy atom. The average Bonchev–Trinajstić information content (AvgIpc) is 3.49. The summed E-state index contributed by atoms with van der Waals surface area (Å²) in [5.74, 6) is 0.932. The molecule has 2 aromatic heterocycles. The second-order valence-electron chi connectivity index (χ2n) is 11.0. The highest BCUT2D eigenvalue weighted by Gasteiger charge is 2.28. The largest absolute Gasteiger partial charge is 0.381 e. The maximum atomic E-state index is 14.5. The molecule has 8 heteroatoms. The fourth-order valence-electron chi connectivity index (χ4n) is 6.13. The van der Waals surface area contributed by atoms with E-state index >= 15 is 0 Å². The van der Waals surface area contributed by atoms with Gasteiger partial charge in [-0.1, -0.05) is 0 Å². The zero-order valence-corrected chi connectivity index (χ0v) is 23.3. The molecule has 1 unspecified atom stereocenters. The Morgan fingerprint density at radius 3 is 2.70 bits per heavy atom. The number of hydrogen-bond acceptors (Lipinski definition) is 5. The van der Waals surface area contributed by atoms with Gasteiger partial charge in [-0.2, -0.15) is 0 Å². The lowest BCUT2D eigenvalue weighted by Gasteiger charge is -2.27. The summed E-state index contributed by atoms with van der Waals surface area (Å²) in [4.78, 5) is 7.55. The highest BCUT2D eigenvalue weighted by Crippen LogP contribution is 2.34. The first-order chi connectivity index (χ1) is 17.8. The van der Waals surface area contributed by atoms with Crippen LogP contribution in [0.3, 0.4) is 0 Å². The van der Waals surface area contributed by atoms with E-state index < -0.39 is 15.5 Å². The Kier molecular flexibility index (Phi) is 7.70. The van der Waals surface area contributed by atoms with Gasteiger partial charge in [0.2, 0.25) is 0 Å². The van der Waals surface area contributed by atoms with Crippen molar-refractivity contribution >= 4 is 20.6 Å². The number of benzene rings is 1. The lowest BCUT2D eigenvalue weighted by Crippen LogP contribution is -2.31. The van der Waals surface area contributed by atoms with Gasteiger partial charge in [0.05, 0.1) is 32.0 Å². The van der Waals surface area contributed by atoms with Gasteiger partial charge in [0.15, 0.2) is 0 Å². The summed E-state index contributed by atoms with van der Waals surface area (Å²) in [6.07, 6.45) is 10.4. The molecule has 2 fully saturated rings. The molecule has 200 valence electrons. The van der Waals surface area contributed by atoms with E-state index in [1.165, 1.54) is 48.9 Å². The van der Waals surface area contributed by atoms with E-state index in [4.69, 9.17) is 4.74 Å². The van der Waals surface area contributed by atoms with Gasteiger partial charge in [-0.05, 0) is 94.2 Å². The number of aromatic nitrogens is 2. The molecule has 0 saturated carbocycles. The predicted octanol–water partition coefficient (Wildman–Crippen LogP) is 5.63.